The van der Waals surface area contributed by atoms with E-state index < -0.39 is 57.2 Å². The van der Waals surface area contributed by atoms with Crippen molar-refractivity contribution in [2.45, 2.75) is 12.3 Å². The van der Waals surface area contributed by atoms with E-state index in [2.05, 4.69) is 0 Å². The molecule has 38 heavy (non-hydrogen) atoms. The normalized spacial score (nSPS) is 13.3. The number of methoxy groups -OCH3 is 1. The van der Waals surface area contributed by atoms with E-state index in [0.29, 0.717) is 30.3 Å². The SMILES string of the molecule is COC(=O)C[C@H](c1ccc2c(c1)OCCO2)c1c(O)cc(O)c2c(=O)c(O)c(-c3ccc(O)c(O)c3)oc12. The fraction of sp³-hybridized carbons (Fsp3) is 0.185. The van der Waals surface area contributed by atoms with Gasteiger partial charge in [-0.15, -0.1) is 0 Å². The fourth-order valence-corrected chi connectivity index (χ4v) is 4.45. The average Bonchev–Trinajstić information content (AvgIpc) is 2.90. The molecular formula is C27H22O11. The molecule has 2 heterocycles. The largest absolute Gasteiger partial charge is 0.507 e. The number of ether oxygens (including phenoxy) is 3. The molecule has 3 aromatic carbocycles. The summed E-state index contributed by atoms with van der Waals surface area (Å²) in [6.45, 7) is 0.675. The zero-order valence-electron chi connectivity index (χ0n) is 19.9. The highest BCUT2D eigenvalue weighted by Crippen LogP contribution is 2.46. The Bertz CT molecular complexity index is 1640. The van der Waals surface area contributed by atoms with Crippen LogP contribution in [-0.2, 0) is 9.53 Å². The summed E-state index contributed by atoms with van der Waals surface area (Å²) < 4.78 is 22.0. The molecule has 1 aromatic heterocycles. The van der Waals surface area contributed by atoms with Crippen molar-refractivity contribution < 1.29 is 49.0 Å². The predicted molar refractivity (Wildman–Crippen MR) is 132 cm³/mol. The van der Waals surface area contributed by atoms with Gasteiger partial charge in [-0.25, -0.2) is 0 Å². The van der Waals surface area contributed by atoms with Crippen molar-refractivity contribution in [3.05, 3.63) is 63.8 Å². The maximum absolute atomic E-state index is 13.2. The lowest BCUT2D eigenvalue weighted by molar-refractivity contribution is -0.140. The van der Waals surface area contributed by atoms with Gasteiger partial charge < -0.3 is 44.2 Å². The number of hydrogen-bond acceptors (Lipinski definition) is 11. The van der Waals surface area contributed by atoms with Gasteiger partial charge in [0.2, 0.25) is 11.2 Å². The molecule has 4 aromatic rings. The second-order valence-corrected chi connectivity index (χ2v) is 8.58. The highest BCUT2D eigenvalue weighted by molar-refractivity contribution is 5.92. The molecule has 196 valence electrons. The molecule has 5 rings (SSSR count). The highest BCUT2D eigenvalue weighted by atomic mass is 16.6. The molecular weight excluding hydrogens is 500 g/mol. The summed E-state index contributed by atoms with van der Waals surface area (Å²) >= 11 is 0. The Morgan fingerprint density at radius 2 is 1.63 bits per heavy atom. The Kier molecular flexibility index (Phi) is 6.11. The van der Waals surface area contributed by atoms with Gasteiger partial charge in [0.05, 0.1) is 13.5 Å². The summed E-state index contributed by atoms with van der Waals surface area (Å²) in [5.74, 6) is -4.12. The van der Waals surface area contributed by atoms with Gasteiger partial charge in [0.15, 0.2) is 28.8 Å². The first-order chi connectivity index (χ1) is 18.2. The summed E-state index contributed by atoms with van der Waals surface area (Å²) in [6.07, 6.45) is -0.302. The van der Waals surface area contributed by atoms with Crippen molar-refractivity contribution in [3.63, 3.8) is 0 Å². The first-order valence-electron chi connectivity index (χ1n) is 11.4. The minimum Gasteiger partial charge on any atom is -0.507 e. The number of phenols is 4. The number of hydrogen-bond donors (Lipinski definition) is 5. The Labute approximate surface area is 214 Å². The molecule has 11 nitrogen and oxygen atoms in total. The molecule has 5 N–H and O–H groups in total. The third-order valence-electron chi connectivity index (χ3n) is 6.29. The second-order valence-electron chi connectivity index (χ2n) is 8.58. The Morgan fingerprint density at radius 3 is 2.34 bits per heavy atom. The summed E-state index contributed by atoms with van der Waals surface area (Å²) in [6, 6.07) is 9.31. The van der Waals surface area contributed by atoms with Gasteiger partial charge in [-0.3, -0.25) is 9.59 Å². The third kappa shape index (κ3) is 4.13. The molecule has 0 fully saturated rings. The van der Waals surface area contributed by atoms with Crippen molar-refractivity contribution in [2.24, 2.45) is 0 Å². The molecule has 1 atom stereocenters. The van der Waals surface area contributed by atoms with E-state index in [4.69, 9.17) is 18.6 Å². The number of rotatable bonds is 5. The standard InChI is InChI=1S/C27H22O11/c1-35-21(32)10-14(12-3-5-19-20(9-12)37-7-6-36-19)22-17(30)11-18(31)23-24(33)25(34)26(38-27(22)23)13-2-4-15(28)16(29)8-13/h2-5,8-9,11,14,28-31,34H,6-7,10H2,1H3/t14-/m1/s1. The van der Waals surface area contributed by atoms with Crippen LogP contribution < -0.4 is 14.9 Å². The van der Waals surface area contributed by atoms with Gasteiger partial charge in [0.25, 0.3) is 0 Å². The Hall–Kier alpha value is -5.06. The predicted octanol–water partition coefficient (Wildman–Crippen LogP) is 3.45. The summed E-state index contributed by atoms with van der Waals surface area (Å²) in [5.41, 5.74) is -0.875. The molecule has 1 aliphatic heterocycles. The number of carbonyl (C=O) groups excluding carboxylic acids is 1. The van der Waals surface area contributed by atoms with E-state index in [1.54, 1.807) is 18.2 Å². The van der Waals surface area contributed by atoms with E-state index in [0.717, 1.165) is 18.2 Å². The lowest BCUT2D eigenvalue weighted by atomic mass is 9.86. The molecule has 0 saturated heterocycles. The quantitative estimate of drug-likeness (QED) is 0.192. The Balaban J connectivity index is 1.81. The van der Waals surface area contributed by atoms with E-state index in [9.17, 15) is 35.1 Å². The first kappa shape index (κ1) is 24.6. The number of phenolic OH excluding ortho intramolecular Hbond substituents is 4. The third-order valence-corrected chi connectivity index (χ3v) is 6.29. The summed E-state index contributed by atoms with van der Waals surface area (Å²) in [4.78, 5) is 25.7. The zero-order valence-corrected chi connectivity index (χ0v) is 19.9. The minimum atomic E-state index is -1.02. The van der Waals surface area contributed by atoms with Crippen LogP contribution in [0.1, 0.15) is 23.5 Å². The van der Waals surface area contributed by atoms with Crippen LogP contribution >= 0.6 is 0 Å². The maximum Gasteiger partial charge on any atom is 0.306 e. The van der Waals surface area contributed by atoms with Crippen LogP contribution in [0.5, 0.6) is 40.2 Å². The van der Waals surface area contributed by atoms with Crippen LogP contribution in [0, 0.1) is 0 Å². The Morgan fingerprint density at radius 1 is 0.895 bits per heavy atom. The number of fused-ring (bicyclic) bond motifs is 2. The van der Waals surface area contributed by atoms with Crippen molar-refractivity contribution >= 4 is 16.9 Å². The zero-order chi connectivity index (χ0) is 27.1. The molecule has 1 aliphatic rings. The number of esters is 1. The highest BCUT2D eigenvalue weighted by Gasteiger charge is 2.30. The molecule has 0 spiro atoms. The summed E-state index contributed by atoms with van der Waals surface area (Å²) in [5, 5.41) is 51.3. The molecule has 11 heteroatoms. The number of benzene rings is 3. The van der Waals surface area contributed by atoms with Crippen LogP contribution in [0.2, 0.25) is 0 Å². The first-order valence-corrected chi connectivity index (χ1v) is 11.4. The molecule has 0 saturated carbocycles. The lowest BCUT2D eigenvalue weighted by Crippen LogP contribution is -2.16. The van der Waals surface area contributed by atoms with E-state index in [-0.39, 0.29) is 23.1 Å². The van der Waals surface area contributed by atoms with Crippen molar-refractivity contribution in [1.29, 1.82) is 0 Å². The van der Waals surface area contributed by atoms with Gasteiger partial charge in [0, 0.05) is 23.1 Å². The molecule has 0 bridgehead atoms. The van der Waals surface area contributed by atoms with Crippen molar-refractivity contribution in [2.75, 3.05) is 20.3 Å². The average molecular weight is 522 g/mol. The summed E-state index contributed by atoms with van der Waals surface area (Å²) in [7, 11) is 1.20. The van der Waals surface area contributed by atoms with Crippen molar-refractivity contribution in [3.8, 4) is 51.6 Å². The smallest absolute Gasteiger partial charge is 0.306 e. The van der Waals surface area contributed by atoms with Crippen LogP contribution in [-0.4, -0.2) is 51.8 Å². The van der Waals surface area contributed by atoms with Gasteiger partial charge in [-0.1, -0.05) is 6.07 Å². The van der Waals surface area contributed by atoms with Crippen LogP contribution in [0.3, 0.4) is 0 Å². The van der Waals surface area contributed by atoms with Crippen LogP contribution in [0.15, 0.2) is 51.7 Å². The van der Waals surface area contributed by atoms with Gasteiger partial charge in [-0.05, 0) is 35.9 Å². The maximum atomic E-state index is 13.2. The van der Waals surface area contributed by atoms with E-state index >= 15 is 0 Å². The fourth-order valence-electron chi connectivity index (χ4n) is 4.45. The molecule has 0 amide bonds. The molecule has 0 radical (unpaired) electrons. The van der Waals surface area contributed by atoms with Crippen LogP contribution in [0.4, 0.5) is 0 Å². The van der Waals surface area contributed by atoms with Crippen LogP contribution in [0.25, 0.3) is 22.3 Å². The van der Waals surface area contributed by atoms with Gasteiger partial charge in [-0.2, -0.15) is 0 Å². The second kappa shape index (κ2) is 9.43. The number of carbonyl (C=O) groups is 1. The topological polar surface area (TPSA) is 176 Å². The van der Waals surface area contributed by atoms with Gasteiger partial charge in [0.1, 0.15) is 35.7 Å². The minimum absolute atomic E-state index is 0.0226. The van der Waals surface area contributed by atoms with E-state index in [1.807, 2.05) is 0 Å². The van der Waals surface area contributed by atoms with Gasteiger partial charge >= 0.3 is 5.97 Å². The van der Waals surface area contributed by atoms with Crippen molar-refractivity contribution in [1.82, 2.24) is 0 Å². The number of aromatic hydroxyl groups is 5. The van der Waals surface area contributed by atoms with E-state index in [1.165, 1.54) is 13.2 Å². The lowest BCUT2D eigenvalue weighted by Gasteiger charge is -2.23. The molecule has 0 unspecified atom stereocenters. The monoisotopic (exact) mass is 522 g/mol. The molecule has 0 aliphatic carbocycles.